The topological polar surface area (TPSA) is 35.0 Å². The molecule has 0 amide bonds. The quantitative estimate of drug-likeness (QED) is 0.835. The zero-order valence-electron chi connectivity index (χ0n) is 9.36. The van der Waals surface area contributed by atoms with E-state index in [9.17, 15) is 8.78 Å². The van der Waals surface area contributed by atoms with Gasteiger partial charge < -0.3 is 4.74 Å². The second kappa shape index (κ2) is 4.15. The van der Waals surface area contributed by atoms with E-state index in [-0.39, 0.29) is 18.9 Å². The molecule has 0 atom stereocenters. The smallest absolute Gasteiger partial charge is 0.294 e. The minimum atomic E-state index is -2.50. The van der Waals surface area contributed by atoms with E-state index in [1.165, 1.54) is 24.2 Å². The van der Waals surface area contributed by atoms with Crippen molar-refractivity contribution >= 4 is 11.3 Å². The van der Waals surface area contributed by atoms with Gasteiger partial charge in [0.2, 0.25) is 5.92 Å². The van der Waals surface area contributed by atoms with E-state index in [0.29, 0.717) is 24.0 Å². The van der Waals surface area contributed by atoms with Crippen molar-refractivity contribution in [3.05, 3.63) is 5.01 Å². The van der Waals surface area contributed by atoms with E-state index < -0.39 is 5.92 Å². The standard InChI is InChI=1S/C11H14F2N2OS/c12-11(13)5-3-8(4-6-11)16-10-15-14-9(17-10)7-1-2-7/h7-8H,1-6H2. The average molecular weight is 260 g/mol. The Morgan fingerprint density at radius 2 is 1.82 bits per heavy atom. The van der Waals surface area contributed by atoms with Crippen molar-refractivity contribution in [2.45, 2.75) is 56.5 Å². The first-order chi connectivity index (χ1) is 8.12. The lowest BCUT2D eigenvalue weighted by Crippen LogP contribution is -2.30. The third-order valence-electron chi connectivity index (χ3n) is 3.28. The highest BCUT2D eigenvalue weighted by molar-refractivity contribution is 7.13. The van der Waals surface area contributed by atoms with Crippen LogP contribution in [-0.4, -0.2) is 22.2 Å². The van der Waals surface area contributed by atoms with Crippen molar-refractivity contribution in [3.63, 3.8) is 0 Å². The van der Waals surface area contributed by atoms with Gasteiger partial charge in [0.1, 0.15) is 11.1 Å². The second-order valence-corrected chi connectivity index (χ2v) is 5.83. The van der Waals surface area contributed by atoms with Gasteiger partial charge in [-0.15, -0.1) is 10.2 Å². The van der Waals surface area contributed by atoms with Gasteiger partial charge in [-0.05, 0) is 25.7 Å². The average Bonchev–Trinajstić information content (AvgIpc) is 3.03. The molecule has 6 heteroatoms. The predicted octanol–water partition coefficient (Wildman–Crippen LogP) is 3.37. The number of alkyl halides is 2. The summed E-state index contributed by atoms with van der Waals surface area (Å²) in [5, 5.41) is 9.61. The van der Waals surface area contributed by atoms with Crippen molar-refractivity contribution < 1.29 is 13.5 Å². The molecule has 1 heterocycles. The number of halogens is 2. The monoisotopic (exact) mass is 260 g/mol. The molecule has 94 valence electrons. The molecule has 0 N–H and O–H groups in total. The Kier molecular flexibility index (Phi) is 2.77. The molecular formula is C11H14F2N2OS. The summed E-state index contributed by atoms with van der Waals surface area (Å²) >= 11 is 1.47. The number of nitrogens with zero attached hydrogens (tertiary/aromatic N) is 2. The molecule has 1 aromatic heterocycles. The molecule has 3 rings (SSSR count). The zero-order valence-corrected chi connectivity index (χ0v) is 10.2. The van der Waals surface area contributed by atoms with Gasteiger partial charge in [-0.2, -0.15) is 0 Å². The third kappa shape index (κ3) is 2.73. The van der Waals surface area contributed by atoms with Crippen LogP contribution in [0.15, 0.2) is 0 Å². The van der Waals surface area contributed by atoms with Gasteiger partial charge in [-0.1, -0.05) is 11.3 Å². The summed E-state index contributed by atoms with van der Waals surface area (Å²) in [4.78, 5) is 0. The Labute approximate surface area is 102 Å². The summed E-state index contributed by atoms with van der Waals surface area (Å²) in [6.45, 7) is 0. The second-order valence-electron chi connectivity index (χ2n) is 4.85. The molecule has 0 bridgehead atoms. The van der Waals surface area contributed by atoms with Crippen LogP contribution in [0.25, 0.3) is 0 Å². The number of ether oxygens (including phenoxy) is 1. The van der Waals surface area contributed by atoms with Gasteiger partial charge in [0.25, 0.3) is 5.19 Å². The first-order valence-corrected chi connectivity index (χ1v) is 6.82. The molecule has 2 aliphatic rings. The number of aromatic nitrogens is 2. The van der Waals surface area contributed by atoms with Crippen LogP contribution in [0, 0.1) is 0 Å². The molecule has 2 fully saturated rings. The van der Waals surface area contributed by atoms with Crippen molar-refractivity contribution in [3.8, 4) is 5.19 Å². The largest absolute Gasteiger partial charge is 0.466 e. The molecular weight excluding hydrogens is 246 g/mol. The van der Waals surface area contributed by atoms with Crippen molar-refractivity contribution in [2.24, 2.45) is 0 Å². The number of rotatable bonds is 3. The van der Waals surface area contributed by atoms with Gasteiger partial charge in [0.05, 0.1) is 0 Å². The minimum absolute atomic E-state index is 0.0774. The third-order valence-corrected chi connectivity index (χ3v) is 4.26. The summed E-state index contributed by atoms with van der Waals surface area (Å²) in [6.07, 6.45) is 2.91. The van der Waals surface area contributed by atoms with Gasteiger partial charge in [-0.3, -0.25) is 0 Å². The van der Waals surface area contributed by atoms with E-state index in [1.807, 2.05) is 0 Å². The Bertz CT molecular complexity index is 396. The molecule has 1 aromatic rings. The molecule has 0 saturated heterocycles. The molecule has 3 nitrogen and oxygen atoms in total. The van der Waals surface area contributed by atoms with Gasteiger partial charge in [0.15, 0.2) is 0 Å². The van der Waals surface area contributed by atoms with Crippen molar-refractivity contribution in [2.75, 3.05) is 0 Å². The first kappa shape index (κ1) is 11.3. The fourth-order valence-electron chi connectivity index (χ4n) is 2.04. The van der Waals surface area contributed by atoms with E-state index in [0.717, 1.165) is 5.01 Å². The lowest BCUT2D eigenvalue weighted by molar-refractivity contribution is -0.0583. The van der Waals surface area contributed by atoms with Gasteiger partial charge >= 0.3 is 0 Å². The number of hydrogen-bond acceptors (Lipinski definition) is 4. The lowest BCUT2D eigenvalue weighted by Gasteiger charge is -2.27. The maximum absolute atomic E-state index is 13.0. The summed E-state index contributed by atoms with van der Waals surface area (Å²) in [7, 11) is 0. The Balaban J connectivity index is 1.55. The van der Waals surface area contributed by atoms with E-state index >= 15 is 0 Å². The Morgan fingerprint density at radius 3 is 2.47 bits per heavy atom. The predicted molar refractivity (Wildman–Crippen MR) is 59.7 cm³/mol. The highest BCUT2D eigenvalue weighted by Crippen LogP contribution is 2.43. The molecule has 0 radical (unpaired) electrons. The van der Waals surface area contributed by atoms with Gasteiger partial charge in [0, 0.05) is 18.8 Å². The number of hydrogen-bond donors (Lipinski definition) is 0. The summed E-state index contributed by atoms with van der Waals surface area (Å²) in [6, 6.07) is 0. The summed E-state index contributed by atoms with van der Waals surface area (Å²) < 4.78 is 31.5. The van der Waals surface area contributed by atoms with Crippen LogP contribution in [0.2, 0.25) is 0 Å². The normalized spacial score (nSPS) is 24.8. The van der Waals surface area contributed by atoms with Crippen LogP contribution in [0.4, 0.5) is 8.78 Å². The molecule has 2 saturated carbocycles. The summed E-state index contributed by atoms with van der Waals surface area (Å²) in [5.41, 5.74) is 0. The molecule has 2 aliphatic carbocycles. The Morgan fingerprint density at radius 1 is 1.12 bits per heavy atom. The van der Waals surface area contributed by atoms with Crippen molar-refractivity contribution in [1.29, 1.82) is 0 Å². The molecule has 0 aliphatic heterocycles. The van der Waals surface area contributed by atoms with E-state index in [4.69, 9.17) is 4.74 Å². The van der Waals surface area contributed by atoms with Crippen LogP contribution in [0.3, 0.4) is 0 Å². The SMILES string of the molecule is FC1(F)CCC(Oc2nnc(C3CC3)s2)CC1. The van der Waals surface area contributed by atoms with Gasteiger partial charge in [-0.25, -0.2) is 8.78 Å². The molecule has 0 aromatic carbocycles. The van der Waals surface area contributed by atoms with Crippen LogP contribution in [-0.2, 0) is 0 Å². The van der Waals surface area contributed by atoms with Crippen LogP contribution >= 0.6 is 11.3 Å². The molecule has 0 unspecified atom stereocenters. The fourth-order valence-corrected chi connectivity index (χ4v) is 2.97. The summed E-state index contributed by atoms with van der Waals surface area (Å²) in [5.74, 6) is -1.93. The molecule has 17 heavy (non-hydrogen) atoms. The Hall–Kier alpha value is -0.780. The maximum atomic E-state index is 13.0. The minimum Gasteiger partial charge on any atom is -0.466 e. The van der Waals surface area contributed by atoms with Crippen LogP contribution in [0.1, 0.15) is 49.5 Å². The highest BCUT2D eigenvalue weighted by Gasteiger charge is 2.36. The van der Waals surface area contributed by atoms with E-state index in [1.54, 1.807) is 0 Å². The van der Waals surface area contributed by atoms with Crippen LogP contribution in [0.5, 0.6) is 5.19 Å². The zero-order chi connectivity index (χ0) is 11.9. The fraction of sp³-hybridized carbons (Fsp3) is 0.818. The van der Waals surface area contributed by atoms with Crippen molar-refractivity contribution in [1.82, 2.24) is 10.2 Å². The molecule has 0 spiro atoms. The first-order valence-electron chi connectivity index (χ1n) is 6.00. The van der Waals surface area contributed by atoms with E-state index in [2.05, 4.69) is 10.2 Å². The van der Waals surface area contributed by atoms with Crippen LogP contribution < -0.4 is 4.74 Å². The highest BCUT2D eigenvalue weighted by atomic mass is 32.1. The lowest BCUT2D eigenvalue weighted by atomic mass is 9.94. The maximum Gasteiger partial charge on any atom is 0.294 e.